The van der Waals surface area contributed by atoms with E-state index < -0.39 is 0 Å². The molecule has 1 aromatic carbocycles. The molecule has 4 heterocycles. The number of aromatic nitrogens is 2. The van der Waals surface area contributed by atoms with E-state index in [0.29, 0.717) is 48.7 Å². The fourth-order valence-corrected chi connectivity index (χ4v) is 4.73. The van der Waals surface area contributed by atoms with Gasteiger partial charge in [-0.3, -0.25) is 14.8 Å². The average molecular weight is 531 g/mol. The monoisotopic (exact) mass is 530 g/mol. The molecule has 0 atom stereocenters. The molecule has 1 amide bonds. The molecule has 2 aliphatic rings. The Morgan fingerprint density at radius 3 is 2.26 bits per heavy atom. The fraction of sp³-hybridized carbons (Fsp3) is 0.433. The van der Waals surface area contributed by atoms with E-state index in [1.807, 2.05) is 30.3 Å². The minimum atomic E-state index is -0.128. The molecule has 5 rings (SSSR count). The zero-order chi connectivity index (χ0) is 26.7. The van der Waals surface area contributed by atoms with Crippen molar-refractivity contribution in [2.45, 2.75) is 13.0 Å². The molecule has 3 N–H and O–H groups in total. The van der Waals surface area contributed by atoms with Crippen LogP contribution in [0.2, 0.25) is 0 Å². The van der Waals surface area contributed by atoms with E-state index in [9.17, 15) is 4.79 Å². The van der Waals surface area contributed by atoms with Crippen LogP contribution in [0.1, 0.15) is 21.5 Å². The molecule has 3 aromatic rings. The van der Waals surface area contributed by atoms with Gasteiger partial charge in [-0.2, -0.15) is 0 Å². The summed E-state index contributed by atoms with van der Waals surface area (Å²) in [5.74, 6) is 2.47. The molecule has 9 nitrogen and oxygen atoms in total. The number of ether oxygens (including phenoxy) is 2. The van der Waals surface area contributed by atoms with Crippen LogP contribution in [0.25, 0.3) is 0 Å². The molecule has 0 radical (unpaired) electrons. The maximum absolute atomic E-state index is 13.2. The molecule has 0 aliphatic carbocycles. The second-order valence-electron chi connectivity index (χ2n) is 10.4. The van der Waals surface area contributed by atoms with Crippen LogP contribution >= 0.6 is 0 Å². The van der Waals surface area contributed by atoms with Crippen LogP contribution in [-0.2, 0) is 13.0 Å². The molecule has 2 saturated heterocycles. The highest BCUT2D eigenvalue weighted by atomic mass is 16.5. The van der Waals surface area contributed by atoms with Gasteiger partial charge in [-0.1, -0.05) is 6.07 Å². The van der Waals surface area contributed by atoms with Gasteiger partial charge in [0.1, 0.15) is 18.1 Å². The van der Waals surface area contributed by atoms with Crippen molar-refractivity contribution in [3.05, 3.63) is 83.9 Å². The van der Waals surface area contributed by atoms with Gasteiger partial charge >= 0.3 is 0 Å². The first-order valence-electron chi connectivity index (χ1n) is 13.8. The van der Waals surface area contributed by atoms with Crippen LogP contribution < -0.4 is 25.4 Å². The van der Waals surface area contributed by atoms with Crippen molar-refractivity contribution >= 4 is 5.91 Å². The number of nitrogens with one attached hydrogen (secondary N) is 3. The van der Waals surface area contributed by atoms with Crippen molar-refractivity contribution in [3.63, 3.8) is 0 Å². The molecule has 2 aliphatic heterocycles. The van der Waals surface area contributed by atoms with Crippen LogP contribution in [0.15, 0.2) is 67.3 Å². The summed E-state index contributed by atoms with van der Waals surface area (Å²) in [5.41, 5.74) is 2.62. The Balaban J connectivity index is 1.19. The highest BCUT2D eigenvalue weighted by molar-refractivity contribution is 5.95. The van der Waals surface area contributed by atoms with Crippen molar-refractivity contribution in [1.29, 1.82) is 0 Å². The lowest BCUT2D eigenvalue weighted by Gasteiger charge is -2.37. The smallest absolute Gasteiger partial charge is 0.251 e. The summed E-state index contributed by atoms with van der Waals surface area (Å²) in [6.45, 7) is 8.77. The first-order valence-corrected chi connectivity index (χ1v) is 13.8. The molecule has 0 spiro atoms. The molecule has 0 unspecified atom stereocenters. The number of carbonyl (C=O) groups excluding carboxylic acids is 1. The summed E-state index contributed by atoms with van der Waals surface area (Å²) in [5, 5.41) is 9.84. The van der Waals surface area contributed by atoms with E-state index in [-0.39, 0.29) is 5.91 Å². The predicted octanol–water partition coefficient (Wildman–Crippen LogP) is 2.15. The summed E-state index contributed by atoms with van der Waals surface area (Å²) in [6, 6.07) is 13.2. The number of benzene rings is 1. The maximum atomic E-state index is 13.2. The number of carbonyl (C=O) groups is 1. The van der Waals surface area contributed by atoms with Gasteiger partial charge in [0.05, 0.1) is 6.61 Å². The Labute approximate surface area is 230 Å². The van der Waals surface area contributed by atoms with Gasteiger partial charge in [0, 0.05) is 101 Å². The van der Waals surface area contributed by atoms with Gasteiger partial charge in [-0.15, -0.1) is 0 Å². The number of hydrogen-bond donors (Lipinski definition) is 3. The Hall–Kier alpha value is -3.53. The molecule has 0 bridgehead atoms. The summed E-state index contributed by atoms with van der Waals surface area (Å²) in [7, 11) is 0. The summed E-state index contributed by atoms with van der Waals surface area (Å²) in [4.78, 5) is 23.9. The lowest BCUT2D eigenvalue weighted by Crippen LogP contribution is -2.53. The molecule has 39 heavy (non-hydrogen) atoms. The molecule has 9 heteroatoms. The minimum Gasteiger partial charge on any atom is -0.493 e. The minimum absolute atomic E-state index is 0.128. The van der Waals surface area contributed by atoms with E-state index in [1.165, 1.54) is 0 Å². The molecular weight excluding hydrogens is 492 g/mol. The van der Waals surface area contributed by atoms with E-state index in [0.717, 1.165) is 63.4 Å². The summed E-state index contributed by atoms with van der Waals surface area (Å²) in [6.07, 6.45) is 7.80. The first kappa shape index (κ1) is 27.1. The number of nitrogens with zero attached hydrogens (tertiary/aromatic N) is 3. The number of amides is 1. The van der Waals surface area contributed by atoms with Crippen LogP contribution in [0.4, 0.5) is 0 Å². The first-order chi connectivity index (χ1) is 19.2. The van der Waals surface area contributed by atoms with E-state index >= 15 is 0 Å². The van der Waals surface area contributed by atoms with Crippen LogP contribution in [0.5, 0.6) is 11.5 Å². The number of hydrogen-bond acceptors (Lipinski definition) is 8. The average Bonchev–Trinajstić information content (AvgIpc) is 2.92. The largest absolute Gasteiger partial charge is 0.493 e. The summed E-state index contributed by atoms with van der Waals surface area (Å²) >= 11 is 0. The van der Waals surface area contributed by atoms with Gasteiger partial charge in [-0.25, -0.2) is 0 Å². The van der Waals surface area contributed by atoms with E-state index in [1.54, 1.807) is 36.9 Å². The second-order valence-corrected chi connectivity index (χ2v) is 10.4. The van der Waals surface area contributed by atoms with Crippen molar-refractivity contribution in [2.75, 3.05) is 59.0 Å². The third-order valence-electron chi connectivity index (χ3n) is 7.16. The van der Waals surface area contributed by atoms with Gasteiger partial charge in [-0.05, 0) is 47.7 Å². The Kier molecular flexibility index (Phi) is 9.73. The molecule has 2 fully saturated rings. The third kappa shape index (κ3) is 8.48. The van der Waals surface area contributed by atoms with Crippen LogP contribution in [0.3, 0.4) is 0 Å². The van der Waals surface area contributed by atoms with Crippen molar-refractivity contribution in [3.8, 4) is 11.5 Å². The van der Waals surface area contributed by atoms with E-state index in [2.05, 4.69) is 30.8 Å². The SMILES string of the molecule is O=C(NCCN(CC1CNC1)CC1CNC1)c1cc(OCCc2ccncc2)cc(OCc2cccnc2)c1. The Bertz CT molecular complexity index is 1160. The number of rotatable bonds is 15. The quantitative estimate of drug-likeness (QED) is 0.275. The molecule has 0 saturated carbocycles. The molecule has 2 aromatic heterocycles. The van der Waals surface area contributed by atoms with E-state index in [4.69, 9.17) is 9.47 Å². The fourth-order valence-electron chi connectivity index (χ4n) is 4.73. The van der Waals surface area contributed by atoms with Crippen molar-refractivity contribution < 1.29 is 14.3 Å². The van der Waals surface area contributed by atoms with Gasteiger partial charge in [0.15, 0.2) is 0 Å². The predicted molar refractivity (Wildman–Crippen MR) is 150 cm³/mol. The highest BCUT2D eigenvalue weighted by Gasteiger charge is 2.24. The lowest BCUT2D eigenvalue weighted by molar-refractivity contribution is 0.0939. The number of pyridine rings is 2. The highest BCUT2D eigenvalue weighted by Crippen LogP contribution is 2.24. The lowest BCUT2D eigenvalue weighted by atomic mass is 9.99. The standard InChI is InChI=1S/C30H38N6O3/c37-30(35-9-10-36(20-25-16-33-17-25)21-26-18-34-19-26)27-12-28(38-11-5-23-3-7-31-8-4-23)14-29(13-27)39-22-24-2-1-6-32-15-24/h1-4,6-8,12-15,25-26,33-34H,5,9-11,16-22H2,(H,35,37). The Morgan fingerprint density at radius 2 is 1.62 bits per heavy atom. The second kappa shape index (κ2) is 14.0. The van der Waals surface area contributed by atoms with Crippen molar-refractivity contribution in [1.82, 2.24) is 30.8 Å². The normalized spacial score (nSPS) is 15.4. The molecular formula is C30H38N6O3. The Morgan fingerprint density at radius 1 is 0.897 bits per heavy atom. The van der Waals surface area contributed by atoms with Gasteiger partial charge < -0.3 is 30.3 Å². The topological polar surface area (TPSA) is 101 Å². The molecule has 206 valence electrons. The van der Waals surface area contributed by atoms with Crippen LogP contribution in [-0.4, -0.2) is 79.7 Å². The zero-order valence-electron chi connectivity index (χ0n) is 22.4. The third-order valence-corrected chi connectivity index (χ3v) is 7.16. The van der Waals surface area contributed by atoms with Gasteiger partial charge in [0.2, 0.25) is 0 Å². The zero-order valence-corrected chi connectivity index (χ0v) is 22.4. The maximum Gasteiger partial charge on any atom is 0.251 e. The van der Waals surface area contributed by atoms with Crippen LogP contribution in [0, 0.1) is 11.8 Å². The van der Waals surface area contributed by atoms with Gasteiger partial charge in [0.25, 0.3) is 5.91 Å². The van der Waals surface area contributed by atoms with Crippen molar-refractivity contribution in [2.24, 2.45) is 11.8 Å². The summed E-state index contributed by atoms with van der Waals surface area (Å²) < 4.78 is 12.1.